The van der Waals surface area contributed by atoms with Crippen molar-refractivity contribution in [2.24, 2.45) is 0 Å². The minimum absolute atomic E-state index is 0.00344. The average Bonchev–Trinajstić information content (AvgIpc) is 2.67. The Kier molecular flexibility index (Phi) is 5.31. The Labute approximate surface area is 162 Å². The fourth-order valence-electron chi connectivity index (χ4n) is 2.72. The van der Waals surface area contributed by atoms with Crippen molar-refractivity contribution in [3.63, 3.8) is 0 Å². The van der Waals surface area contributed by atoms with E-state index in [9.17, 15) is 33.0 Å². The zero-order valence-electron chi connectivity index (χ0n) is 14.7. The average molecular weight is 404 g/mol. The van der Waals surface area contributed by atoms with Crippen LogP contribution in [0.1, 0.15) is 33.2 Å². The van der Waals surface area contributed by atoms with Crippen molar-refractivity contribution in [1.82, 2.24) is 10.3 Å². The van der Waals surface area contributed by atoms with Crippen LogP contribution >= 0.6 is 0 Å². The van der Waals surface area contributed by atoms with Gasteiger partial charge in [-0.2, -0.15) is 13.2 Å². The summed E-state index contributed by atoms with van der Waals surface area (Å²) in [5.74, 6) is -0.876. The highest BCUT2D eigenvalue weighted by Gasteiger charge is 2.32. The van der Waals surface area contributed by atoms with Crippen LogP contribution in [0, 0.1) is 0 Å². The number of benzene rings is 2. The predicted molar refractivity (Wildman–Crippen MR) is 97.6 cm³/mol. The number of hydrogen-bond donors (Lipinski definition) is 4. The Morgan fingerprint density at radius 2 is 1.34 bits per heavy atom. The molecule has 4 N–H and O–H groups in total. The first-order valence-electron chi connectivity index (χ1n) is 8.34. The molecule has 0 saturated heterocycles. The van der Waals surface area contributed by atoms with Crippen LogP contribution in [0.3, 0.4) is 0 Å². The van der Waals surface area contributed by atoms with Gasteiger partial charge in [0.1, 0.15) is 22.8 Å². The molecule has 1 aromatic heterocycles. The summed E-state index contributed by atoms with van der Waals surface area (Å²) >= 11 is 0. The first-order valence-corrected chi connectivity index (χ1v) is 8.34. The summed E-state index contributed by atoms with van der Waals surface area (Å²) in [4.78, 5) is 26.3. The maximum Gasteiger partial charge on any atom is 0.431 e. The van der Waals surface area contributed by atoms with E-state index in [4.69, 9.17) is 0 Å². The minimum Gasteiger partial charge on any atom is -0.508 e. The van der Waals surface area contributed by atoms with Crippen molar-refractivity contribution in [2.45, 2.75) is 12.2 Å². The molecule has 0 atom stereocenters. The highest BCUT2D eigenvalue weighted by atomic mass is 19.4. The maximum atomic E-state index is 12.7. The van der Waals surface area contributed by atoms with Crippen LogP contribution in [0.5, 0.6) is 11.5 Å². The van der Waals surface area contributed by atoms with Gasteiger partial charge in [0.05, 0.1) is 6.04 Å². The van der Waals surface area contributed by atoms with E-state index in [0.29, 0.717) is 17.2 Å². The molecule has 0 unspecified atom stereocenters. The highest BCUT2D eigenvalue weighted by molar-refractivity contribution is 5.94. The van der Waals surface area contributed by atoms with Gasteiger partial charge in [-0.15, -0.1) is 0 Å². The van der Waals surface area contributed by atoms with Gasteiger partial charge in [0, 0.05) is 0 Å². The lowest BCUT2D eigenvalue weighted by atomic mass is 9.98. The largest absolute Gasteiger partial charge is 0.508 e. The summed E-state index contributed by atoms with van der Waals surface area (Å²) in [5, 5.41) is 21.6. The molecule has 1 heterocycles. The lowest BCUT2D eigenvalue weighted by molar-refractivity contribution is -0.141. The highest BCUT2D eigenvalue weighted by Crippen LogP contribution is 2.27. The summed E-state index contributed by atoms with van der Waals surface area (Å²) in [6, 6.07) is 12.4. The van der Waals surface area contributed by atoms with Crippen molar-refractivity contribution < 1.29 is 28.2 Å². The van der Waals surface area contributed by atoms with E-state index in [2.05, 4.69) is 5.32 Å². The Hall–Kier alpha value is -3.75. The van der Waals surface area contributed by atoms with Crippen molar-refractivity contribution in [1.29, 1.82) is 0 Å². The number of pyridine rings is 1. The molecule has 29 heavy (non-hydrogen) atoms. The second-order valence-electron chi connectivity index (χ2n) is 6.20. The van der Waals surface area contributed by atoms with Gasteiger partial charge >= 0.3 is 6.18 Å². The summed E-state index contributed by atoms with van der Waals surface area (Å²) in [6.07, 6.45) is -4.74. The number of hydrogen-bond acceptors (Lipinski definition) is 4. The molecule has 150 valence electrons. The number of phenolic OH excluding ortho intramolecular Hbond substituents is 2. The van der Waals surface area contributed by atoms with Crippen LogP contribution in [0.25, 0.3) is 0 Å². The van der Waals surface area contributed by atoms with Gasteiger partial charge in [0.25, 0.3) is 11.5 Å². The van der Waals surface area contributed by atoms with Crippen molar-refractivity contribution in [2.75, 3.05) is 0 Å². The zero-order valence-corrected chi connectivity index (χ0v) is 14.7. The van der Waals surface area contributed by atoms with Gasteiger partial charge in [-0.25, -0.2) is 0 Å². The fraction of sp³-hybridized carbons (Fsp3) is 0.100. The normalized spacial score (nSPS) is 11.4. The molecule has 0 spiro atoms. The molecule has 0 aliphatic carbocycles. The molecule has 0 saturated carbocycles. The number of phenols is 2. The molecule has 9 heteroatoms. The third-order valence-electron chi connectivity index (χ3n) is 4.19. The van der Waals surface area contributed by atoms with Gasteiger partial charge in [-0.05, 0) is 47.5 Å². The van der Waals surface area contributed by atoms with Gasteiger partial charge < -0.3 is 20.5 Å². The number of H-pyrrole nitrogens is 1. The number of aromatic amines is 1. The number of rotatable bonds is 4. The van der Waals surface area contributed by atoms with Crippen LogP contribution in [0.15, 0.2) is 65.5 Å². The summed E-state index contributed by atoms with van der Waals surface area (Å²) < 4.78 is 38.1. The van der Waals surface area contributed by atoms with Crippen molar-refractivity contribution in [3.05, 3.63) is 93.4 Å². The second kappa shape index (κ2) is 7.70. The number of carbonyl (C=O) groups excluding carboxylic acids is 1. The molecule has 0 fully saturated rings. The number of amides is 1. The van der Waals surface area contributed by atoms with Crippen molar-refractivity contribution >= 4 is 5.91 Å². The Morgan fingerprint density at radius 1 is 0.862 bits per heavy atom. The summed E-state index contributed by atoms with van der Waals surface area (Å²) in [7, 11) is 0. The lowest BCUT2D eigenvalue weighted by Crippen LogP contribution is -2.34. The van der Waals surface area contributed by atoms with Crippen LogP contribution in [-0.2, 0) is 6.18 Å². The van der Waals surface area contributed by atoms with Gasteiger partial charge in [0.2, 0.25) is 0 Å². The quantitative estimate of drug-likeness (QED) is 0.536. The summed E-state index contributed by atoms with van der Waals surface area (Å²) in [6.45, 7) is 0. The number of nitrogens with one attached hydrogen (secondary N) is 2. The topological polar surface area (TPSA) is 102 Å². The number of aromatic nitrogens is 1. The molecule has 0 radical (unpaired) electrons. The second-order valence-corrected chi connectivity index (χ2v) is 6.20. The molecule has 3 aromatic rings. The third kappa shape index (κ3) is 4.57. The Balaban J connectivity index is 1.95. The van der Waals surface area contributed by atoms with E-state index in [1.807, 2.05) is 0 Å². The van der Waals surface area contributed by atoms with E-state index in [0.717, 1.165) is 6.07 Å². The van der Waals surface area contributed by atoms with Crippen LogP contribution in [-0.4, -0.2) is 21.1 Å². The van der Waals surface area contributed by atoms with Gasteiger partial charge in [-0.3, -0.25) is 9.59 Å². The molecule has 6 nitrogen and oxygen atoms in total. The Morgan fingerprint density at radius 3 is 1.76 bits per heavy atom. The molecular weight excluding hydrogens is 389 g/mol. The van der Waals surface area contributed by atoms with E-state index >= 15 is 0 Å². The van der Waals surface area contributed by atoms with Crippen molar-refractivity contribution in [3.8, 4) is 11.5 Å². The zero-order chi connectivity index (χ0) is 21.2. The number of halogens is 3. The van der Waals surface area contributed by atoms with E-state index < -0.39 is 34.9 Å². The fourth-order valence-corrected chi connectivity index (χ4v) is 2.72. The molecule has 0 aliphatic rings. The first kappa shape index (κ1) is 20.0. The van der Waals surface area contributed by atoms with Gasteiger partial charge in [-0.1, -0.05) is 24.3 Å². The number of carbonyl (C=O) groups is 1. The van der Waals surface area contributed by atoms with Crippen LogP contribution in [0.2, 0.25) is 0 Å². The predicted octanol–water partition coefficient (Wildman–Crippen LogP) is 3.32. The smallest absolute Gasteiger partial charge is 0.431 e. The molecule has 0 aliphatic heterocycles. The van der Waals surface area contributed by atoms with E-state index in [1.165, 1.54) is 24.3 Å². The minimum atomic E-state index is -4.74. The van der Waals surface area contributed by atoms with E-state index in [-0.39, 0.29) is 11.5 Å². The number of aromatic hydroxyl groups is 2. The summed E-state index contributed by atoms with van der Waals surface area (Å²) in [5.41, 5.74) is -1.82. The lowest BCUT2D eigenvalue weighted by Gasteiger charge is -2.20. The Bertz CT molecular complexity index is 1030. The molecular formula is C20H15F3N2O4. The molecule has 0 bridgehead atoms. The van der Waals surface area contributed by atoms with E-state index in [1.54, 1.807) is 29.2 Å². The SMILES string of the molecule is O=C(NC(c1ccc(O)cc1)c1ccc(O)cc1)c1ccc(C(F)(F)F)[nH]c1=O. The number of alkyl halides is 3. The molecule has 1 amide bonds. The van der Waals surface area contributed by atoms with Crippen LogP contribution < -0.4 is 10.9 Å². The third-order valence-corrected chi connectivity index (χ3v) is 4.19. The standard InChI is InChI=1S/C20H15F3N2O4/c21-20(22,23)16-10-9-15(18(28)24-16)19(29)25-17(11-1-5-13(26)6-2-11)12-3-7-14(27)8-4-12/h1-10,17,26-27H,(H,24,28)(H,25,29). The monoisotopic (exact) mass is 404 g/mol. The maximum absolute atomic E-state index is 12.7. The van der Waals surface area contributed by atoms with Gasteiger partial charge in [0.15, 0.2) is 0 Å². The molecule has 3 rings (SSSR count). The van der Waals surface area contributed by atoms with Crippen LogP contribution in [0.4, 0.5) is 13.2 Å². The molecule has 2 aromatic carbocycles. The first-order chi connectivity index (χ1) is 13.6.